The van der Waals surface area contributed by atoms with Crippen molar-refractivity contribution in [3.63, 3.8) is 0 Å². The lowest BCUT2D eigenvalue weighted by Crippen LogP contribution is -2.34. The minimum atomic E-state index is -0.200. The number of nitrogens with zero attached hydrogens (tertiary/aromatic N) is 1. The third-order valence-corrected chi connectivity index (χ3v) is 3.87. The van der Waals surface area contributed by atoms with Crippen molar-refractivity contribution in [2.45, 2.75) is 38.5 Å². The van der Waals surface area contributed by atoms with Crippen LogP contribution < -0.4 is 14.8 Å². The third-order valence-electron chi connectivity index (χ3n) is 3.87. The van der Waals surface area contributed by atoms with Gasteiger partial charge in [0.2, 0.25) is 0 Å². The molecule has 1 saturated heterocycles. The molecule has 0 unspecified atom stereocenters. The average molecular weight is 308 g/mol. The third kappa shape index (κ3) is 4.87. The predicted molar refractivity (Wildman–Crippen MR) is 87.5 cm³/mol. The molecule has 1 heterocycles. The molecule has 0 spiro atoms. The fraction of sp³-hybridized carbons (Fsp3) is 0.647. The molecule has 1 aromatic carbocycles. The lowest BCUT2D eigenvalue weighted by molar-refractivity contribution is 0.189. The van der Waals surface area contributed by atoms with Crippen molar-refractivity contribution in [1.29, 1.82) is 0 Å². The molecule has 0 saturated carbocycles. The molecule has 2 N–H and O–H groups in total. The van der Waals surface area contributed by atoms with E-state index in [2.05, 4.69) is 30.3 Å². The summed E-state index contributed by atoms with van der Waals surface area (Å²) in [6.07, 6.45) is 1.61. The number of aliphatic hydroxyl groups is 1. The minimum absolute atomic E-state index is 0.200. The Bertz CT molecular complexity index is 467. The molecule has 1 aliphatic heterocycles. The summed E-state index contributed by atoms with van der Waals surface area (Å²) in [7, 11) is 3.77. The Labute approximate surface area is 133 Å². The Morgan fingerprint density at radius 1 is 1.36 bits per heavy atom. The zero-order valence-corrected chi connectivity index (χ0v) is 13.8. The van der Waals surface area contributed by atoms with Crippen molar-refractivity contribution in [3.8, 4) is 11.5 Å². The van der Waals surface area contributed by atoms with E-state index >= 15 is 0 Å². The standard InChI is InChI=1S/C17H28N2O3/c1-4-7-22-16-6-5-13(8-17(16)21-3)11-19(2)12-14-9-15(20)10-18-14/h5-6,8,14-15,18,20H,4,7,9-12H2,1-3H3/t14-,15+/m0/s1. The number of ether oxygens (including phenoxy) is 2. The van der Waals surface area contributed by atoms with Crippen LogP contribution in [0, 0.1) is 0 Å². The molecule has 5 nitrogen and oxygen atoms in total. The van der Waals surface area contributed by atoms with E-state index in [1.165, 1.54) is 5.56 Å². The lowest BCUT2D eigenvalue weighted by Gasteiger charge is -2.21. The fourth-order valence-corrected chi connectivity index (χ4v) is 2.83. The van der Waals surface area contributed by atoms with Gasteiger partial charge in [-0.3, -0.25) is 0 Å². The molecule has 0 radical (unpaired) electrons. The molecule has 0 amide bonds. The minimum Gasteiger partial charge on any atom is -0.493 e. The molecule has 2 rings (SSSR count). The fourth-order valence-electron chi connectivity index (χ4n) is 2.83. The molecule has 0 bridgehead atoms. The summed E-state index contributed by atoms with van der Waals surface area (Å²) in [5, 5.41) is 12.9. The number of hydrogen-bond acceptors (Lipinski definition) is 5. The molecule has 22 heavy (non-hydrogen) atoms. The largest absolute Gasteiger partial charge is 0.493 e. The highest BCUT2D eigenvalue weighted by atomic mass is 16.5. The van der Waals surface area contributed by atoms with Gasteiger partial charge < -0.3 is 24.8 Å². The number of aliphatic hydroxyl groups excluding tert-OH is 1. The molecule has 2 atom stereocenters. The molecule has 0 aromatic heterocycles. The van der Waals surface area contributed by atoms with E-state index in [-0.39, 0.29) is 6.10 Å². The number of benzene rings is 1. The number of rotatable bonds is 8. The van der Waals surface area contributed by atoms with Gasteiger partial charge in [0.05, 0.1) is 19.8 Å². The molecule has 5 heteroatoms. The zero-order chi connectivity index (χ0) is 15.9. The van der Waals surface area contributed by atoms with Gasteiger partial charge in [-0.05, 0) is 37.6 Å². The number of nitrogens with one attached hydrogen (secondary N) is 1. The summed E-state index contributed by atoms with van der Waals surface area (Å²) < 4.78 is 11.1. The highest BCUT2D eigenvalue weighted by Crippen LogP contribution is 2.28. The Hall–Kier alpha value is -1.30. The normalized spacial score (nSPS) is 21.3. The smallest absolute Gasteiger partial charge is 0.161 e. The summed E-state index contributed by atoms with van der Waals surface area (Å²) >= 11 is 0. The Morgan fingerprint density at radius 3 is 2.82 bits per heavy atom. The average Bonchev–Trinajstić information content (AvgIpc) is 2.90. The first-order valence-corrected chi connectivity index (χ1v) is 8.02. The summed E-state index contributed by atoms with van der Waals surface area (Å²) in [6, 6.07) is 6.48. The van der Waals surface area contributed by atoms with Crippen LogP contribution in [0.1, 0.15) is 25.3 Å². The number of β-amino-alcohol motifs (C(OH)–C–C–N with tert-alkyl or cyclic N) is 1. The second-order valence-electron chi connectivity index (χ2n) is 6.03. The molecule has 1 aromatic rings. The van der Waals surface area contributed by atoms with Crippen LogP contribution in [-0.4, -0.2) is 56.0 Å². The Balaban J connectivity index is 1.91. The second-order valence-corrected chi connectivity index (χ2v) is 6.03. The number of likely N-dealkylation sites (N-methyl/N-ethyl adjacent to an activating group) is 1. The molecule has 1 aliphatic rings. The molecular weight excluding hydrogens is 280 g/mol. The van der Waals surface area contributed by atoms with Gasteiger partial charge in [0, 0.05) is 25.7 Å². The van der Waals surface area contributed by atoms with Crippen LogP contribution in [0.25, 0.3) is 0 Å². The lowest BCUT2D eigenvalue weighted by atomic mass is 10.1. The van der Waals surface area contributed by atoms with E-state index in [1.54, 1.807) is 7.11 Å². The topological polar surface area (TPSA) is 54.0 Å². The first-order chi connectivity index (χ1) is 10.6. The summed E-state index contributed by atoms with van der Waals surface area (Å²) in [4.78, 5) is 2.26. The van der Waals surface area contributed by atoms with Crippen LogP contribution in [0.2, 0.25) is 0 Å². The van der Waals surface area contributed by atoms with E-state index in [1.807, 2.05) is 12.1 Å². The monoisotopic (exact) mass is 308 g/mol. The van der Waals surface area contributed by atoms with Crippen LogP contribution in [0.3, 0.4) is 0 Å². The van der Waals surface area contributed by atoms with E-state index in [0.29, 0.717) is 19.2 Å². The van der Waals surface area contributed by atoms with Gasteiger partial charge in [0.15, 0.2) is 11.5 Å². The van der Waals surface area contributed by atoms with Gasteiger partial charge in [0.1, 0.15) is 0 Å². The molecule has 124 valence electrons. The van der Waals surface area contributed by atoms with Crippen LogP contribution >= 0.6 is 0 Å². The quantitative estimate of drug-likeness (QED) is 0.765. The van der Waals surface area contributed by atoms with Crippen molar-refractivity contribution in [1.82, 2.24) is 10.2 Å². The van der Waals surface area contributed by atoms with Crippen molar-refractivity contribution < 1.29 is 14.6 Å². The molecule has 1 fully saturated rings. The molecule has 0 aliphatic carbocycles. The van der Waals surface area contributed by atoms with Gasteiger partial charge in [-0.15, -0.1) is 0 Å². The summed E-state index contributed by atoms with van der Waals surface area (Å²) in [5.74, 6) is 1.59. The van der Waals surface area contributed by atoms with Crippen molar-refractivity contribution in [2.24, 2.45) is 0 Å². The van der Waals surface area contributed by atoms with Crippen LogP contribution in [0.4, 0.5) is 0 Å². The molecular formula is C17H28N2O3. The Morgan fingerprint density at radius 2 is 2.18 bits per heavy atom. The number of methoxy groups -OCH3 is 1. The van der Waals surface area contributed by atoms with E-state index < -0.39 is 0 Å². The van der Waals surface area contributed by atoms with Crippen LogP contribution in [-0.2, 0) is 6.54 Å². The summed E-state index contributed by atoms with van der Waals surface area (Å²) in [5.41, 5.74) is 1.20. The van der Waals surface area contributed by atoms with E-state index in [4.69, 9.17) is 9.47 Å². The van der Waals surface area contributed by atoms with Gasteiger partial charge in [0.25, 0.3) is 0 Å². The first-order valence-electron chi connectivity index (χ1n) is 8.02. The maximum Gasteiger partial charge on any atom is 0.161 e. The van der Waals surface area contributed by atoms with Crippen molar-refractivity contribution in [3.05, 3.63) is 23.8 Å². The zero-order valence-electron chi connectivity index (χ0n) is 13.8. The highest BCUT2D eigenvalue weighted by molar-refractivity contribution is 5.42. The van der Waals surface area contributed by atoms with Crippen molar-refractivity contribution in [2.75, 3.05) is 33.9 Å². The van der Waals surface area contributed by atoms with Gasteiger partial charge >= 0.3 is 0 Å². The maximum absolute atomic E-state index is 9.56. The van der Waals surface area contributed by atoms with E-state index in [9.17, 15) is 5.11 Å². The van der Waals surface area contributed by atoms with Crippen molar-refractivity contribution >= 4 is 0 Å². The predicted octanol–water partition coefficient (Wildman–Crippen LogP) is 1.64. The highest BCUT2D eigenvalue weighted by Gasteiger charge is 2.22. The van der Waals surface area contributed by atoms with Gasteiger partial charge in [-0.25, -0.2) is 0 Å². The summed E-state index contributed by atoms with van der Waals surface area (Å²) in [6.45, 7) is 5.26. The number of hydrogen-bond donors (Lipinski definition) is 2. The van der Waals surface area contributed by atoms with Crippen LogP contribution in [0.5, 0.6) is 11.5 Å². The first kappa shape index (κ1) is 17.1. The van der Waals surface area contributed by atoms with E-state index in [0.717, 1.165) is 37.4 Å². The van der Waals surface area contributed by atoms with Gasteiger partial charge in [-0.2, -0.15) is 0 Å². The second kappa shape index (κ2) is 8.36. The Kier molecular flexibility index (Phi) is 6.49. The van der Waals surface area contributed by atoms with Crippen LogP contribution in [0.15, 0.2) is 18.2 Å². The maximum atomic E-state index is 9.56. The SMILES string of the molecule is CCCOc1ccc(CN(C)C[C@@H]2C[C@@H](O)CN2)cc1OC. The van der Waals surface area contributed by atoms with Gasteiger partial charge in [-0.1, -0.05) is 13.0 Å².